The standard InChI is InChI=1S/C27H26BrClN4O4/c1-17(2)19-5-3-18(4-6-19)14-30-26(35)27(36)33-31-15-20-13-21(28)7-12-24(20)37-16-25(34)32-23-10-8-22(29)9-11-23/h3-13,15,17H,14,16H2,1-2H3,(H,30,35)(H,32,34)(H,33,36)/b31-15-. The van der Waals surface area contributed by atoms with Crippen LogP contribution < -0.4 is 20.8 Å². The van der Waals surface area contributed by atoms with Gasteiger partial charge in [-0.1, -0.05) is 65.6 Å². The lowest BCUT2D eigenvalue weighted by molar-refractivity contribution is -0.139. The van der Waals surface area contributed by atoms with Crippen LogP contribution in [0.1, 0.15) is 36.5 Å². The Morgan fingerprint density at radius 2 is 1.70 bits per heavy atom. The molecular formula is C27H26BrClN4O4. The van der Waals surface area contributed by atoms with Crippen LogP contribution in [0, 0.1) is 0 Å². The van der Waals surface area contributed by atoms with Crippen molar-refractivity contribution in [3.63, 3.8) is 0 Å². The minimum atomic E-state index is -0.908. The molecule has 0 saturated carbocycles. The van der Waals surface area contributed by atoms with E-state index in [0.29, 0.717) is 27.9 Å². The van der Waals surface area contributed by atoms with Crippen LogP contribution in [-0.4, -0.2) is 30.5 Å². The fraction of sp³-hybridized carbons (Fsp3) is 0.185. The Labute approximate surface area is 228 Å². The van der Waals surface area contributed by atoms with Crippen molar-refractivity contribution in [2.24, 2.45) is 5.10 Å². The first-order valence-corrected chi connectivity index (χ1v) is 12.6. The quantitative estimate of drug-likeness (QED) is 0.186. The smallest absolute Gasteiger partial charge is 0.329 e. The molecule has 0 unspecified atom stereocenters. The van der Waals surface area contributed by atoms with Crippen molar-refractivity contribution >= 4 is 57.2 Å². The van der Waals surface area contributed by atoms with Crippen molar-refractivity contribution in [2.45, 2.75) is 26.3 Å². The van der Waals surface area contributed by atoms with E-state index >= 15 is 0 Å². The van der Waals surface area contributed by atoms with Gasteiger partial charge in [-0.3, -0.25) is 14.4 Å². The van der Waals surface area contributed by atoms with Crippen LogP contribution >= 0.6 is 27.5 Å². The van der Waals surface area contributed by atoms with Crippen molar-refractivity contribution in [2.75, 3.05) is 11.9 Å². The van der Waals surface area contributed by atoms with Crippen molar-refractivity contribution in [1.29, 1.82) is 0 Å². The van der Waals surface area contributed by atoms with Crippen LogP contribution in [0.3, 0.4) is 0 Å². The van der Waals surface area contributed by atoms with Gasteiger partial charge in [0.15, 0.2) is 6.61 Å². The number of hydrogen-bond acceptors (Lipinski definition) is 5. The van der Waals surface area contributed by atoms with Gasteiger partial charge < -0.3 is 15.4 Å². The molecule has 0 aliphatic heterocycles. The summed E-state index contributed by atoms with van der Waals surface area (Å²) in [5.41, 5.74) is 5.34. The summed E-state index contributed by atoms with van der Waals surface area (Å²) in [7, 11) is 0. The SMILES string of the molecule is CC(C)c1ccc(CNC(=O)C(=O)N/N=C\c2cc(Br)ccc2OCC(=O)Nc2ccc(Cl)cc2)cc1. The Morgan fingerprint density at radius 1 is 1.00 bits per heavy atom. The highest BCUT2D eigenvalue weighted by Crippen LogP contribution is 2.22. The fourth-order valence-corrected chi connectivity index (χ4v) is 3.62. The highest BCUT2D eigenvalue weighted by Gasteiger charge is 2.13. The molecule has 0 aliphatic rings. The Hall–Kier alpha value is -3.69. The van der Waals surface area contributed by atoms with E-state index in [9.17, 15) is 14.4 Å². The van der Waals surface area contributed by atoms with Crippen molar-refractivity contribution in [3.05, 3.63) is 92.9 Å². The summed E-state index contributed by atoms with van der Waals surface area (Å²) < 4.78 is 6.36. The first kappa shape index (κ1) is 27.9. The molecule has 0 saturated heterocycles. The number of amides is 3. The fourth-order valence-electron chi connectivity index (χ4n) is 3.12. The zero-order valence-corrected chi connectivity index (χ0v) is 22.6. The van der Waals surface area contributed by atoms with Crippen LogP contribution in [0.2, 0.25) is 5.02 Å². The molecule has 0 fully saturated rings. The van der Waals surface area contributed by atoms with E-state index in [-0.39, 0.29) is 19.1 Å². The molecule has 0 spiro atoms. The number of carbonyl (C=O) groups is 3. The molecule has 8 nitrogen and oxygen atoms in total. The molecule has 0 heterocycles. The summed E-state index contributed by atoms with van der Waals surface area (Å²) in [6, 6.07) is 19.6. The van der Waals surface area contributed by atoms with E-state index in [1.54, 1.807) is 42.5 Å². The van der Waals surface area contributed by atoms with Gasteiger partial charge in [0.1, 0.15) is 5.75 Å². The average Bonchev–Trinajstić information content (AvgIpc) is 2.88. The summed E-state index contributed by atoms with van der Waals surface area (Å²) in [5, 5.41) is 9.69. The van der Waals surface area contributed by atoms with Gasteiger partial charge in [-0.05, 0) is 59.5 Å². The van der Waals surface area contributed by atoms with Gasteiger partial charge in [0.25, 0.3) is 5.91 Å². The van der Waals surface area contributed by atoms with E-state index in [2.05, 4.69) is 50.9 Å². The molecule has 10 heteroatoms. The van der Waals surface area contributed by atoms with E-state index in [1.807, 2.05) is 24.3 Å². The maximum absolute atomic E-state index is 12.2. The van der Waals surface area contributed by atoms with Gasteiger partial charge in [0, 0.05) is 27.3 Å². The molecule has 3 rings (SSSR count). The number of benzene rings is 3. The number of nitrogens with zero attached hydrogens (tertiary/aromatic N) is 1. The van der Waals surface area contributed by atoms with Gasteiger partial charge in [0.2, 0.25) is 0 Å². The molecule has 0 radical (unpaired) electrons. The van der Waals surface area contributed by atoms with Crippen LogP contribution in [-0.2, 0) is 20.9 Å². The molecule has 192 valence electrons. The second-order valence-corrected chi connectivity index (χ2v) is 9.66. The summed E-state index contributed by atoms with van der Waals surface area (Å²) >= 11 is 9.22. The van der Waals surface area contributed by atoms with E-state index < -0.39 is 11.8 Å². The highest BCUT2D eigenvalue weighted by atomic mass is 79.9. The Kier molecular flexibility index (Phi) is 10.2. The summed E-state index contributed by atoms with van der Waals surface area (Å²) in [5.74, 6) is -1.31. The van der Waals surface area contributed by atoms with Crippen LogP contribution in [0.15, 0.2) is 76.3 Å². The normalized spacial score (nSPS) is 10.8. The predicted octanol–water partition coefficient (Wildman–Crippen LogP) is 5.01. The summed E-state index contributed by atoms with van der Waals surface area (Å²) in [6.45, 7) is 4.17. The largest absolute Gasteiger partial charge is 0.483 e. The molecule has 0 atom stereocenters. The molecule has 3 aromatic rings. The molecule has 3 amide bonds. The van der Waals surface area contributed by atoms with Crippen LogP contribution in [0.4, 0.5) is 5.69 Å². The number of anilines is 1. The maximum atomic E-state index is 12.2. The third kappa shape index (κ3) is 9.04. The van der Waals surface area contributed by atoms with Crippen molar-refractivity contribution in [1.82, 2.24) is 10.7 Å². The predicted molar refractivity (Wildman–Crippen MR) is 148 cm³/mol. The molecule has 0 bridgehead atoms. The zero-order valence-electron chi connectivity index (χ0n) is 20.3. The maximum Gasteiger partial charge on any atom is 0.329 e. The first-order valence-electron chi connectivity index (χ1n) is 11.4. The van der Waals surface area contributed by atoms with E-state index in [0.717, 1.165) is 10.0 Å². The molecule has 3 aromatic carbocycles. The number of rotatable bonds is 9. The summed E-state index contributed by atoms with van der Waals surface area (Å²) in [4.78, 5) is 36.5. The topological polar surface area (TPSA) is 109 Å². The number of nitrogens with one attached hydrogen (secondary N) is 3. The molecule has 3 N–H and O–H groups in total. The molecule has 37 heavy (non-hydrogen) atoms. The minimum absolute atomic E-state index is 0.218. The number of ether oxygens (including phenoxy) is 1. The third-order valence-corrected chi connectivity index (χ3v) is 5.88. The van der Waals surface area contributed by atoms with E-state index in [4.69, 9.17) is 16.3 Å². The van der Waals surface area contributed by atoms with Gasteiger partial charge in [-0.2, -0.15) is 5.10 Å². The van der Waals surface area contributed by atoms with Gasteiger partial charge in [-0.15, -0.1) is 0 Å². The molecule has 0 aromatic heterocycles. The van der Waals surface area contributed by atoms with Gasteiger partial charge in [-0.25, -0.2) is 5.43 Å². The average molecular weight is 586 g/mol. The number of hydrogen-bond donors (Lipinski definition) is 3. The molecular weight excluding hydrogens is 560 g/mol. The lowest BCUT2D eigenvalue weighted by Gasteiger charge is -2.10. The zero-order chi connectivity index (χ0) is 26.8. The second-order valence-electron chi connectivity index (χ2n) is 8.30. The minimum Gasteiger partial charge on any atom is -0.483 e. The van der Waals surface area contributed by atoms with Gasteiger partial charge in [0.05, 0.1) is 6.21 Å². The highest BCUT2D eigenvalue weighted by molar-refractivity contribution is 9.10. The van der Waals surface area contributed by atoms with Gasteiger partial charge >= 0.3 is 11.8 Å². The number of hydrazone groups is 1. The number of carbonyl (C=O) groups excluding carboxylic acids is 3. The lowest BCUT2D eigenvalue weighted by Crippen LogP contribution is -2.37. The number of halogens is 2. The van der Waals surface area contributed by atoms with Crippen LogP contribution in [0.5, 0.6) is 5.75 Å². The Bertz CT molecular complexity index is 1280. The second kappa shape index (κ2) is 13.6. The molecule has 0 aliphatic carbocycles. The van der Waals surface area contributed by atoms with Crippen LogP contribution in [0.25, 0.3) is 0 Å². The Balaban J connectivity index is 1.51. The van der Waals surface area contributed by atoms with E-state index in [1.165, 1.54) is 11.8 Å². The monoisotopic (exact) mass is 584 g/mol. The lowest BCUT2D eigenvalue weighted by atomic mass is 10.0. The third-order valence-electron chi connectivity index (χ3n) is 5.13. The van der Waals surface area contributed by atoms with Crippen molar-refractivity contribution in [3.8, 4) is 5.75 Å². The van der Waals surface area contributed by atoms with Crippen molar-refractivity contribution < 1.29 is 19.1 Å². The Morgan fingerprint density at radius 3 is 2.38 bits per heavy atom. The summed E-state index contributed by atoms with van der Waals surface area (Å²) in [6.07, 6.45) is 1.33. The first-order chi connectivity index (χ1) is 17.7.